The Hall–Kier alpha value is -1.32. The predicted octanol–water partition coefficient (Wildman–Crippen LogP) is 1.49. The highest BCUT2D eigenvalue weighted by Gasteiger charge is 2.08. The minimum absolute atomic E-state index is 0.149. The Morgan fingerprint density at radius 2 is 2.06 bits per heavy atom. The van der Waals surface area contributed by atoms with Gasteiger partial charge < -0.3 is 4.90 Å². The summed E-state index contributed by atoms with van der Waals surface area (Å²) >= 11 is 0. The number of hydrogen-bond acceptors (Lipinski definition) is 2. The predicted molar refractivity (Wildman–Crippen MR) is 64.3 cm³/mol. The summed E-state index contributed by atoms with van der Waals surface area (Å²) < 4.78 is 1.96. The van der Waals surface area contributed by atoms with Crippen LogP contribution < -0.4 is 0 Å². The van der Waals surface area contributed by atoms with E-state index in [4.69, 9.17) is 0 Å². The smallest absolute Gasteiger partial charge is 0.223 e. The zero-order valence-electron chi connectivity index (χ0n) is 10.7. The Kier molecular flexibility index (Phi) is 4.52. The van der Waals surface area contributed by atoms with Crippen LogP contribution in [0.5, 0.6) is 0 Å². The Labute approximate surface area is 97.2 Å². The number of rotatable bonds is 5. The molecule has 0 aliphatic rings. The van der Waals surface area contributed by atoms with E-state index >= 15 is 0 Å². The second-order valence-corrected chi connectivity index (χ2v) is 4.10. The van der Waals surface area contributed by atoms with E-state index in [-0.39, 0.29) is 5.91 Å². The van der Waals surface area contributed by atoms with Crippen LogP contribution in [0.15, 0.2) is 6.07 Å². The molecule has 0 unspecified atom stereocenters. The summed E-state index contributed by atoms with van der Waals surface area (Å²) in [6.45, 7) is 4.89. The van der Waals surface area contributed by atoms with Gasteiger partial charge in [-0.05, 0) is 18.9 Å². The van der Waals surface area contributed by atoms with Crippen LogP contribution >= 0.6 is 0 Å². The second kappa shape index (κ2) is 5.68. The van der Waals surface area contributed by atoms with Gasteiger partial charge in [0, 0.05) is 32.8 Å². The fourth-order valence-corrected chi connectivity index (χ4v) is 1.59. The maximum atomic E-state index is 11.5. The minimum Gasteiger partial charge on any atom is -0.349 e. The molecule has 0 aliphatic heterocycles. The first-order valence-corrected chi connectivity index (χ1v) is 5.84. The molecule has 0 atom stereocenters. The molecule has 1 aromatic heterocycles. The van der Waals surface area contributed by atoms with Crippen molar-refractivity contribution in [2.45, 2.75) is 39.7 Å². The molecule has 1 aromatic rings. The molecule has 1 rings (SSSR count). The fourth-order valence-electron chi connectivity index (χ4n) is 1.59. The quantitative estimate of drug-likeness (QED) is 0.758. The first-order valence-electron chi connectivity index (χ1n) is 5.84. The lowest BCUT2D eigenvalue weighted by atomic mass is 10.2. The first kappa shape index (κ1) is 12.7. The summed E-state index contributed by atoms with van der Waals surface area (Å²) in [7, 11) is 3.56. The Bertz CT molecular complexity index is 355. The van der Waals surface area contributed by atoms with Crippen molar-refractivity contribution in [2.75, 3.05) is 14.1 Å². The summed E-state index contributed by atoms with van der Waals surface area (Å²) in [5.74, 6) is 0.149. The topological polar surface area (TPSA) is 38.1 Å². The lowest BCUT2D eigenvalue weighted by Crippen LogP contribution is -2.23. The van der Waals surface area contributed by atoms with Crippen molar-refractivity contribution in [1.82, 2.24) is 14.7 Å². The largest absolute Gasteiger partial charge is 0.349 e. The molecular weight excluding hydrogens is 202 g/mol. The van der Waals surface area contributed by atoms with Crippen molar-refractivity contribution in [3.8, 4) is 0 Å². The van der Waals surface area contributed by atoms with Crippen LogP contribution in [0.1, 0.15) is 31.7 Å². The van der Waals surface area contributed by atoms with E-state index in [9.17, 15) is 4.79 Å². The number of nitrogens with zero attached hydrogens (tertiary/aromatic N) is 3. The van der Waals surface area contributed by atoms with Gasteiger partial charge in [-0.1, -0.05) is 13.8 Å². The minimum atomic E-state index is 0.149. The van der Waals surface area contributed by atoms with Crippen molar-refractivity contribution in [2.24, 2.45) is 0 Å². The highest BCUT2D eigenvalue weighted by molar-refractivity contribution is 5.75. The molecule has 90 valence electrons. The summed E-state index contributed by atoms with van der Waals surface area (Å²) in [6, 6.07) is 2.13. The lowest BCUT2D eigenvalue weighted by Gasteiger charge is -2.10. The molecule has 0 N–H and O–H groups in total. The average molecular weight is 223 g/mol. The van der Waals surface area contributed by atoms with Gasteiger partial charge in [0.25, 0.3) is 0 Å². The Morgan fingerprint density at radius 1 is 1.38 bits per heavy atom. The van der Waals surface area contributed by atoms with E-state index < -0.39 is 0 Å². The maximum Gasteiger partial charge on any atom is 0.223 e. The molecule has 0 aliphatic carbocycles. The molecular formula is C12H21N3O. The average Bonchev–Trinajstić information content (AvgIpc) is 2.68. The van der Waals surface area contributed by atoms with Crippen LogP contribution in [0.2, 0.25) is 0 Å². The van der Waals surface area contributed by atoms with Crippen molar-refractivity contribution in [3.05, 3.63) is 17.5 Å². The number of hydrogen-bond donors (Lipinski definition) is 0. The third kappa shape index (κ3) is 3.08. The number of aromatic nitrogens is 2. The lowest BCUT2D eigenvalue weighted by molar-refractivity contribution is -0.128. The van der Waals surface area contributed by atoms with Crippen LogP contribution in [0.3, 0.4) is 0 Å². The summed E-state index contributed by atoms with van der Waals surface area (Å²) in [6.07, 6.45) is 2.43. The number of amides is 1. The third-order valence-corrected chi connectivity index (χ3v) is 2.67. The van der Waals surface area contributed by atoms with Gasteiger partial charge in [-0.25, -0.2) is 0 Å². The molecule has 1 heterocycles. The van der Waals surface area contributed by atoms with Gasteiger partial charge in [0.2, 0.25) is 5.91 Å². The maximum absolute atomic E-state index is 11.5. The second-order valence-electron chi connectivity index (χ2n) is 4.10. The van der Waals surface area contributed by atoms with Gasteiger partial charge in [0.05, 0.1) is 5.69 Å². The molecule has 0 radical (unpaired) electrons. The van der Waals surface area contributed by atoms with E-state index in [1.165, 1.54) is 5.69 Å². The molecule has 16 heavy (non-hydrogen) atoms. The molecule has 4 nitrogen and oxygen atoms in total. The molecule has 0 saturated carbocycles. The van der Waals surface area contributed by atoms with E-state index in [2.05, 4.69) is 25.0 Å². The standard InChI is InChI=1S/C12H21N3O/c1-5-10-9-11(6-2)15(13-10)8-7-12(16)14(3)4/h9H,5-8H2,1-4H3. The normalized spacial score (nSPS) is 10.5. The van der Waals surface area contributed by atoms with E-state index in [0.717, 1.165) is 18.5 Å². The summed E-state index contributed by atoms with van der Waals surface area (Å²) in [4.78, 5) is 13.1. The van der Waals surface area contributed by atoms with E-state index in [0.29, 0.717) is 13.0 Å². The highest BCUT2D eigenvalue weighted by Crippen LogP contribution is 2.07. The molecule has 1 amide bonds. The molecule has 0 saturated heterocycles. The molecule has 4 heteroatoms. The van der Waals surface area contributed by atoms with Crippen molar-refractivity contribution < 1.29 is 4.79 Å². The van der Waals surface area contributed by atoms with Gasteiger partial charge in [-0.3, -0.25) is 9.48 Å². The van der Waals surface area contributed by atoms with Crippen LogP contribution in [0, 0.1) is 0 Å². The van der Waals surface area contributed by atoms with Gasteiger partial charge in [-0.15, -0.1) is 0 Å². The van der Waals surface area contributed by atoms with Gasteiger partial charge in [-0.2, -0.15) is 5.10 Å². The highest BCUT2D eigenvalue weighted by atomic mass is 16.2. The molecule has 0 bridgehead atoms. The van der Waals surface area contributed by atoms with Gasteiger partial charge in [0.1, 0.15) is 0 Å². The number of carbonyl (C=O) groups is 1. The fraction of sp³-hybridized carbons (Fsp3) is 0.667. The third-order valence-electron chi connectivity index (χ3n) is 2.67. The summed E-state index contributed by atoms with van der Waals surface area (Å²) in [5, 5.41) is 4.48. The first-order chi connectivity index (χ1) is 7.58. The van der Waals surface area contributed by atoms with Crippen LogP contribution in [-0.2, 0) is 24.2 Å². The van der Waals surface area contributed by atoms with E-state index in [1.54, 1.807) is 19.0 Å². The Balaban J connectivity index is 2.65. The molecule has 0 aromatic carbocycles. The van der Waals surface area contributed by atoms with Gasteiger partial charge >= 0.3 is 0 Å². The SMILES string of the molecule is CCc1cc(CC)n(CCC(=O)N(C)C)n1. The number of aryl methyl sites for hydroxylation is 3. The molecule has 0 spiro atoms. The van der Waals surface area contributed by atoms with Crippen LogP contribution in [0.25, 0.3) is 0 Å². The number of carbonyl (C=O) groups excluding carboxylic acids is 1. The van der Waals surface area contributed by atoms with Crippen molar-refractivity contribution in [1.29, 1.82) is 0 Å². The van der Waals surface area contributed by atoms with Crippen molar-refractivity contribution >= 4 is 5.91 Å². The van der Waals surface area contributed by atoms with E-state index in [1.807, 2.05) is 4.68 Å². The van der Waals surface area contributed by atoms with Crippen LogP contribution in [-0.4, -0.2) is 34.7 Å². The molecule has 0 fully saturated rings. The summed E-state index contributed by atoms with van der Waals surface area (Å²) in [5.41, 5.74) is 2.32. The Morgan fingerprint density at radius 3 is 2.56 bits per heavy atom. The van der Waals surface area contributed by atoms with Crippen molar-refractivity contribution in [3.63, 3.8) is 0 Å². The monoisotopic (exact) mass is 223 g/mol. The van der Waals surface area contributed by atoms with Crippen LogP contribution in [0.4, 0.5) is 0 Å². The zero-order chi connectivity index (χ0) is 12.1. The van der Waals surface area contributed by atoms with Gasteiger partial charge in [0.15, 0.2) is 0 Å². The zero-order valence-corrected chi connectivity index (χ0v) is 10.7.